The normalized spacial score (nSPS) is 11.9. The molecule has 3 N–H and O–H groups in total. The fourth-order valence-electron chi connectivity index (χ4n) is 0.966. The van der Waals surface area contributed by atoms with E-state index < -0.39 is 18.0 Å². The van der Waals surface area contributed by atoms with Gasteiger partial charge >= 0.3 is 12.0 Å². The van der Waals surface area contributed by atoms with E-state index >= 15 is 0 Å². The highest BCUT2D eigenvalue weighted by Gasteiger charge is 2.13. The molecule has 0 bridgehead atoms. The fraction of sp³-hybridized carbons (Fsp3) is 0.444. The average Bonchev–Trinajstić information content (AvgIpc) is 2.61. The quantitative estimate of drug-likeness (QED) is 0.726. The molecule has 1 aromatic heterocycles. The molecule has 7 heteroatoms. The number of nitrogens with one attached hydrogen (secondary N) is 2. The first-order valence-corrected chi connectivity index (χ1v) is 5.54. The van der Waals surface area contributed by atoms with Crippen molar-refractivity contribution in [3.8, 4) is 0 Å². The Kier molecular flexibility index (Phi) is 4.24. The van der Waals surface area contributed by atoms with Gasteiger partial charge in [0.2, 0.25) is 0 Å². The third-order valence-electron chi connectivity index (χ3n) is 1.97. The summed E-state index contributed by atoms with van der Waals surface area (Å²) < 4.78 is 0. The van der Waals surface area contributed by atoms with Crippen molar-refractivity contribution >= 4 is 23.3 Å². The van der Waals surface area contributed by atoms with Gasteiger partial charge in [-0.3, -0.25) is 4.79 Å². The summed E-state index contributed by atoms with van der Waals surface area (Å²) >= 11 is 1.45. The number of hydrogen-bond donors (Lipinski definition) is 3. The Morgan fingerprint density at radius 1 is 1.62 bits per heavy atom. The zero-order valence-electron chi connectivity index (χ0n) is 8.98. The van der Waals surface area contributed by atoms with Crippen LogP contribution in [0.4, 0.5) is 4.79 Å². The minimum atomic E-state index is -1.07. The summed E-state index contributed by atoms with van der Waals surface area (Å²) in [5.74, 6) is -1.07. The fourth-order valence-corrected chi connectivity index (χ4v) is 1.68. The van der Waals surface area contributed by atoms with Crippen molar-refractivity contribution in [2.45, 2.75) is 26.4 Å². The van der Waals surface area contributed by atoms with Gasteiger partial charge in [0.15, 0.2) is 0 Å². The second kappa shape index (κ2) is 5.45. The van der Waals surface area contributed by atoms with Crippen LogP contribution in [0, 0.1) is 6.92 Å². The standard InChI is InChI=1S/C9H13N3O3S/c1-5-7(16-4-11-5)3-10-9(15)12-6(2)8(13)14/h4,6H,3H2,1-2H3,(H,13,14)(H2,10,12,15)/t6-/m0/s1. The van der Waals surface area contributed by atoms with E-state index in [0.29, 0.717) is 6.54 Å². The first kappa shape index (κ1) is 12.4. The third-order valence-corrected chi connectivity index (χ3v) is 2.91. The third kappa shape index (κ3) is 3.50. The van der Waals surface area contributed by atoms with Gasteiger partial charge in [0.1, 0.15) is 6.04 Å². The summed E-state index contributed by atoms with van der Waals surface area (Å²) in [6, 6.07) is -1.40. The second-order valence-corrected chi connectivity index (χ2v) is 4.19. The Morgan fingerprint density at radius 3 is 2.81 bits per heavy atom. The van der Waals surface area contributed by atoms with Crippen LogP contribution < -0.4 is 10.6 Å². The van der Waals surface area contributed by atoms with E-state index in [2.05, 4.69) is 15.6 Å². The monoisotopic (exact) mass is 243 g/mol. The highest BCUT2D eigenvalue weighted by Crippen LogP contribution is 2.10. The maximum Gasteiger partial charge on any atom is 0.325 e. The summed E-state index contributed by atoms with van der Waals surface area (Å²) in [5.41, 5.74) is 2.57. The zero-order valence-corrected chi connectivity index (χ0v) is 9.80. The van der Waals surface area contributed by atoms with Gasteiger partial charge in [0.05, 0.1) is 17.7 Å². The van der Waals surface area contributed by atoms with Gasteiger partial charge in [0, 0.05) is 4.88 Å². The van der Waals surface area contributed by atoms with E-state index in [0.717, 1.165) is 10.6 Å². The molecule has 1 rings (SSSR count). The minimum absolute atomic E-state index is 0.356. The molecule has 1 atom stereocenters. The van der Waals surface area contributed by atoms with E-state index in [1.807, 2.05) is 6.92 Å². The molecule has 2 amide bonds. The Morgan fingerprint density at radius 2 is 2.31 bits per heavy atom. The molecular weight excluding hydrogens is 230 g/mol. The SMILES string of the molecule is Cc1ncsc1CNC(=O)N[C@@H](C)C(=O)O. The van der Waals surface area contributed by atoms with Gasteiger partial charge < -0.3 is 15.7 Å². The lowest BCUT2D eigenvalue weighted by Crippen LogP contribution is -2.44. The van der Waals surface area contributed by atoms with Crippen LogP contribution in [-0.2, 0) is 11.3 Å². The van der Waals surface area contributed by atoms with Gasteiger partial charge in [-0.2, -0.15) is 0 Å². The van der Waals surface area contributed by atoms with Crippen molar-refractivity contribution in [2.75, 3.05) is 0 Å². The number of aliphatic carboxylic acids is 1. The second-order valence-electron chi connectivity index (χ2n) is 3.25. The summed E-state index contributed by atoms with van der Waals surface area (Å²) in [6.07, 6.45) is 0. The molecule has 0 aliphatic heterocycles. The summed E-state index contributed by atoms with van der Waals surface area (Å²) in [5, 5.41) is 13.4. The van der Waals surface area contributed by atoms with Crippen molar-refractivity contribution in [3.63, 3.8) is 0 Å². The molecule has 0 saturated carbocycles. The Hall–Kier alpha value is -1.63. The number of carbonyl (C=O) groups is 2. The molecule has 0 fully saturated rings. The van der Waals surface area contributed by atoms with Crippen LogP contribution in [0.5, 0.6) is 0 Å². The van der Waals surface area contributed by atoms with Gasteiger partial charge in [0.25, 0.3) is 0 Å². The van der Waals surface area contributed by atoms with E-state index in [1.54, 1.807) is 5.51 Å². The van der Waals surface area contributed by atoms with Crippen LogP contribution in [-0.4, -0.2) is 28.1 Å². The molecule has 0 aromatic carbocycles. The molecule has 16 heavy (non-hydrogen) atoms. The first-order valence-electron chi connectivity index (χ1n) is 4.67. The Balaban J connectivity index is 2.36. The first-order chi connectivity index (χ1) is 7.50. The Labute approximate surface area is 96.7 Å². The number of amides is 2. The summed E-state index contributed by atoms with van der Waals surface area (Å²) in [4.78, 5) is 26.7. The highest BCUT2D eigenvalue weighted by molar-refractivity contribution is 7.09. The number of rotatable bonds is 4. The lowest BCUT2D eigenvalue weighted by atomic mass is 10.3. The smallest absolute Gasteiger partial charge is 0.325 e. The number of urea groups is 1. The number of aromatic nitrogens is 1. The van der Waals surface area contributed by atoms with Gasteiger partial charge in [-0.25, -0.2) is 9.78 Å². The molecular formula is C9H13N3O3S. The average molecular weight is 243 g/mol. The number of thiazole rings is 1. The van der Waals surface area contributed by atoms with Crippen molar-refractivity contribution in [1.29, 1.82) is 0 Å². The molecule has 0 saturated heterocycles. The van der Waals surface area contributed by atoms with E-state index in [-0.39, 0.29) is 0 Å². The maximum atomic E-state index is 11.3. The van der Waals surface area contributed by atoms with Crippen LogP contribution in [0.15, 0.2) is 5.51 Å². The van der Waals surface area contributed by atoms with E-state index in [9.17, 15) is 9.59 Å². The molecule has 88 valence electrons. The highest BCUT2D eigenvalue weighted by atomic mass is 32.1. The van der Waals surface area contributed by atoms with Gasteiger partial charge in [-0.1, -0.05) is 0 Å². The molecule has 1 aromatic rings. The topological polar surface area (TPSA) is 91.3 Å². The number of aryl methyl sites for hydroxylation is 1. The predicted molar refractivity (Wildman–Crippen MR) is 59.3 cm³/mol. The predicted octanol–water partition coefficient (Wildman–Crippen LogP) is 0.724. The van der Waals surface area contributed by atoms with Crippen LogP contribution in [0.1, 0.15) is 17.5 Å². The van der Waals surface area contributed by atoms with Crippen molar-refractivity contribution in [2.24, 2.45) is 0 Å². The number of hydrogen-bond acceptors (Lipinski definition) is 4. The van der Waals surface area contributed by atoms with Crippen LogP contribution >= 0.6 is 11.3 Å². The number of nitrogens with zero attached hydrogens (tertiary/aromatic N) is 1. The molecule has 6 nitrogen and oxygen atoms in total. The van der Waals surface area contributed by atoms with Gasteiger partial charge in [-0.05, 0) is 13.8 Å². The Bertz CT molecular complexity index is 391. The van der Waals surface area contributed by atoms with Crippen molar-refractivity contribution in [3.05, 3.63) is 16.1 Å². The minimum Gasteiger partial charge on any atom is -0.480 e. The lowest BCUT2D eigenvalue weighted by molar-refractivity contribution is -0.138. The summed E-state index contributed by atoms with van der Waals surface area (Å²) in [6.45, 7) is 3.61. The molecule has 1 heterocycles. The zero-order chi connectivity index (χ0) is 12.1. The maximum absolute atomic E-state index is 11.3. The van der Waals surface area contributed by atoms with Crippen LogP contribution in [0.2, 0.25) is 0 Å². The number of carboxylic acids is 1. The van der Waals surface area contributed by atoms with Crippen LogP contribution in [0.3, 0.4) is 0 Å². The lowest BCUT2D eigenvalue weighted by Gasteiger charge is -2.10. The van der Waals surface area contributed by atoms with E-state index in [4.69, 9.17) is 5.11 Å². The number of carboxylic acid groups (broad SMARTS) is 1. The summed E-state index contributed by atoms with van der Waals surface area (Å²) in [7, 11) is 0. The van der Waals surface area contributed by atoms with Crippen molar-refractivity contribution in [1.82, 2.24) is 15.6 Å². The largest absolute Gasteiger partial charge is 0.480 e. The molecule has 0 aliphatic carbocycles. The molecule has 0 radical (unpaired) electrons. The van der Waals surface area contributed by atoms with E-state index in [1.165, 1.54) is 18.3 Å². The van der Waals surface area contributed by atoms with Gasteiger partial charge in [-0.15, -0.1) is 11.3 Å². The molecule has 0 spiro atoms. The van der Waals surface area contributed by atoms with Crippen LogP contribution in [0.25, 0.3) is 0 Å². The molecule has 0 unspecified atom stereocenters. The molecule has 0 aliphatic rings. The van der Waals surface area contributed by atoms with Crippen molar-refractivity contribution < 1.29 is 14.7 Å². The number of carbonyl (C=O) groups excluding carboxylic acids is 1.